The molecule has 3 aromatic rings. The van der Waals surface area contributed by atoms with E-state index in [0.717, 1.165) is 28.9 Å². The van der Waals surface area contributed by atoms with Crippen molar-refractivity contribution >= 4 is 39.8 Å². The zero-order valence-electron chi connectivity index (χ0n) is 26.8. The zero-order chi connectivity index (χ0) is 33.5. The van der Waals surface area contributed by atoms with Gasteiger partial charge in [0.1, 0.15) is 24.3 Å². The fraction of sp³-hybridized carbons (Fsp3) is 0.471. The topological polar surface area (TPSA) is 78.6 Å². The first-order chi connectivity index (χ1) is 22.5. The number of nitrogens with zero attached hydrogens (tertiary/aromatic N) is 7. The van der Waals surface area contributed by atoms with Crippen molar-refractivity contribution < 1.29 is 23.0 Å². The van der Waals surface area contributed by atoms with Crippen LogP contribution < -0.4 is 14.5 Å². The summed E-state index contributed by atoms with van der Waals surface area (Å²) in [5.41, 5.74) is 2.32. The number of amides is 1. The van der Waals surface area contributed by atoms with Gasteiger partial charge in [0.25, 0.3) is 5.91 Å². The molecule has 4 heterocycles. The van der Waals surface area contributed by atoms with Crippen molar-refractivity contribution in [2.24, 2.45) is 5.41 Å². The van der Waals surface area contributed by atoms with Crippen LogP contribution in [0.3, 0.4) is 0 Å². The van der Waals surface area contributed by atoms with Crippen LogP contribution in [0.4, 0.5) is 20.3 Å². The number of anilines is 2. The summed E-state index contributed by atoms with van der Waals surface area (Å²) >= 11 is 6.54. The van der Waals surface area contributed by atoms with Gasteiger partial charge < -0.3 is 33.9 Å². The van der Waals surface area contributed by atoms with E-state index in [0.29, 0.717) is 57.1 Å². The number of piperazine rings is 1. The molecule has 0 bridgehead atoms. The van der Waals surface area contributed by atoms with E-state index in [-0.39, 0.29) is 35.6 Å². The van der Waals surface area contributed by atoms with Crippen LogP contribution in [0.1, 0.15) is 18.2 Å². The standard InChI is InChI=1S/C34H38ClF2N7O3/c1-21-13-25-27(16-44(21)28-8-6-7-23-9-10-26(37)30(35)29(23)28)39-33(47-20-34(17-41(4)5)18-46-19-34)40-31(25)42-11-12-43(32(45)22(2)36)24(15-42)14-38-3/h6-10,21,24H,2,11-20H2,1,4-5H3/t21-,24-/m0/s1. The molecule has 248 valence electrons. The lowest BCUT2D eigenvalue weighted by Crippen LogP contribution is -2.57. The summed E-state index contributed by atoms with van der Waals surface area (Å²) in [6.07, 6.45) is 0.570. The van der Waals surface area contributed by atoms with Crippen molar-refractivity contribution in [3.63, 3.8) is 0 Å². The molecule has 0 radical (unpaired) electrons. The summed E-state index contributed by atoms with van der Waals surface area (Å²) in [5, 5.41) is 1.55. The molecule has 6 rings (SSSR count). The Morgan fingerprint density at radius 3 is 2.72 bits per heavy atom. The van der Waals surface area contributed by atoms with Crippen molar-refractivity contribution in [2.45, 2.75) is 32.0 Å². The molecule has 0 spiro atoms. The summed E-state index contributed by atoms with van der Waals surface area (Å²) in [5.74, 6) is -1.65. The maximum atomic E-state index is 14.7. The Hall–Kier alpha value is -4.05. The van der Waals surface area contributed by atoms with Crippen LogP contribution in [0.2, 0.25) is 5.02 Å². The predicted molar refractivity (Wildman–Crippen MR) is 177 cm³/mol. The normalized spacial score (nSPS) is 20.5. The van der Waals surface area contributed by atoms with Gasteiger partial charge in [-0.1, -0.05) is 36.4 Å². The molecule has 1 amide bonds. The monoisotopic (exact) mass is 665 g/mol. The van der Waals surface area contributed by atoms with E-state index in [2.05, 4.69) is 28.1 Å². The Bertz CT molecular complexity index is 1740. The molecule has 0 saturated carbocycles. The van der Waals surface area contributed by atoms with Crippen molar-refractivity contribution in [3.8, 4) is 6.01 Å². The number of halogens is 3. The van der Waals surface area contributed by atoms with Gasteiger partial charge in [0, 0.05) is 48.9 Å². The minimum Gasteiger partial charge on any atom is -0.463 e. The first kappa shape index (κ1) is 32.9. The third-order valence-corrected chi connectivity index (χ3v) is 9.55. The van der Waals surface area contributed by atoms with Gasteiger partial charge in [0.15, 0.2) is 5.83 Å². The molecule has 13 heteroatoms. The molecule has 2 aromatic carbocycles. The first-order valence-electron chi connectivity index (χ1n) is 15.6. The molecule has 2 atom stereocenters. The number of hydrogen-bond donors (Lipinski definition) is 0. The third kappa shape index (κ3) is 6.44. The van der Waals surface area contributed by atoms with Crippen LogP contribution in [-0.4, -0.2) is 104 Å². The van der Waals surface area contributed by atoms with E-state index < -0.39 is 23.6 Å². The van der Waals surface area contributed by atoms with Crippen LogP contribution in [0.25, 0.3) is 15.6 Å². The Kier molecular flexibility index (Phi) is 9.25. The molecule has 0 aliphatic carbocycles. The predicted octanol–water partition coefficient (Wildman–Crippen LogP) is 4.75. The van der Waals surface area contributed by atoms with Crippen molar-refractivity contribution in [2.75, 3.05) is 76.4 Å². The molecule has 0 unspecified atom stereocenters. The SMILES string of the molecule is [C-]#[N+]C[C@H]1CN(c2nc(OCC3(CN(C)C)COC3)nc3c2C[C@H](C)N(c2cccc4ccc(F)c(Cl)c24)C3)CCN1C(=O)C(=C)F. The lowest BCUT2D eigenvalue weighted by Gasteiger charge is -2.43. The van der Waals surface area contributed by atoms with Gasteiger partial charge in [-0.2, -0.15) is 9.97 Å². The molecule has 1 aromatic heterocycles. The van der Waals surface area contributed by atoms with Crippen LogP contribution in [0.15, 0.2) is 42.7 Å². The van der Waals surface area contributed by atoms with Gasteiger partial charge in [-0.25, -0.2) is 15.4 Å². The lowest BCUT2D eigenvalue weighted by molar-refractivity contribution is -0.140. The van der Waals surface area contributed by atoms with E-state index in [9.17, 15) is 13.6 Å². The third-order valence-electron chi connectivity index (χ3n) is 9.18. The average molecular weight is 666 g/mol. The van der Waals surface area contributed by atoms with Crippen LogP contribution in [0, 0.1) is 17.8 Å². The van der Waals surface area contributed by atoms with Crippen molar-refractivity contribution in [3.05, 3.63) is 76.3 Å². The molecular weight excluding hydrogens is 628 g/mol. The molecule has 2 saturated heterocycles. The molecule has 3 aliphatic heterocycles. The highest BCUT2D eigenvalue weighted by Gasteiger charge is 2.41. The highest BCUT2D eigenvalue weighted by Crippen LogP contribution is 2.40. The van der Waals surface area contributed by atoms with Crippen LogP contribution in [-0.2, 0) is 22.5 Å². The number of carbonyl (C=O) groups is 1. The highest BCUT2D eigenvalue weighted by atomic mass is 35.5. The highest BCUT2D eigenvalue weighted by molar-refractivity contribution is 6.36. The van der Waals surface area contributed by atoms with Crippen molar-refractivity contribution in [1.82, 2.24) is 19.8 Å². The first-order valence-corrected chi connectivity index (χ1v) is 16.0. The second-order valence-electron chi connectivity index (χ2n) is 13.0. The second kappa shape index (κ2) is 13.2. The van der Waals surface area contributed by atoms with Gasteiger partial charge in [-0.15, -0.1) is 0 Å². The molecule has 2 fully saturated rings. The van der Waals surface area contributed by atoms with Gasteiger partial charge in [-0.3, -0.25) is 4.79 Å². The van der Waals surface area contributed by atoms with E-state index in [4.69, 9.17) is 37.6 Å². The van der Waals surface area contributed by atoms with E-state index in [1.807, 2.05) is 37.2 Å². The Morgan fingerprint density at radius 1 is 1.26 bits per heavy atom. The number of ether oxygens (including phenoxy) is 2. The number of benzene rings is 2. The summed E-state index contributed by atoms with van der Waals surface area (Å²) in [7, 11) is 4.02. The number of fused-ring (bicyclic) bond motifs is 2. The molecule has 10 nitrogen and oxygen atoms in total. The van der Waals surface area contributed by atoms with Gasteiger partial charge >= 0.3 is 6.01 Å². The van der Waals surface area contributed by atoms with Gasteiger partial charge in [0.2, 0.25) is 6.54 Å². The number of carbonyl (C=O) groups excluding carboxylic acids is 1. The smallest absolute Gasteiger partial charge is 0.318 e. The minimum absolute atomic E-state index is 0.0157. The van der Waals surface area contributed by atoms with Gasteiger partial charge in [-0.05, 0) is 45.0 Å². The fourth-order valence-corrected chi connectivity index (χ4v) is 7.24. The average Bonchev–Trinajstić information content (AvgIpc) is 3.03. The summed E-state index contributed by atoms with van der Waals surface area (Å²) in [6.45, 7) is 16.3. The van der Waals surface area contributed by atoms with Crippen molar-refractivity contribution in [1.29, 1.82) is 0 Å². The Labute approximate surface area is 278 Å². The molecule has 3 aliphatic rings. The Balaban J connectivity index is 1.38. The fourth-order valence-electron chi connectivity index (χ4n) is 6.97. The maximum absolute atomic E-state index is 14.7. The summed E-state index contributed by atoms with van der Waals surface area (Å²) < 4.78 is 40.5. The molecular formula is C34H38ClF2N7O3. The number of rotatable bonds is 9. The molecule has 0 N–H and O–H groups in total. The quantitative estimate of drug-likeness (QED) is 0.240. The van der Waals surface area contributed by atoms with Crippen LogP contribution in [0.5, 0.6) is 6.01 Å². The molecule has 47 heavy (non-hydrogen) atoms. The largest absolute Gasteiger partial charge is 0.463 e. The minimum atomic E-state index is -1.04. The summed E-state index contributed by atoms with van der Waals surface area (Å²) in [6, 6.07) is 8.53. The van der Waals surface area contributed by atoms with E-state index >= 15 is 0 Å². The number of hydrogen-bond acceptors (Lipinski definition) is 8. The lowest BCUT2D eigenvalue weighted by atomic mass is 9.86. The van der Waals surface area contributed by atoms with Crippen LogP contribution >= 0.6 is 11.6 Å². The number of aromatic nitrogens is 2. The van der Waals surface area contributed by atoms with Gasteiger partial charge in [0.05, 0.1) is 35.9 Å². The van der Waals surface area contributed by atoms with E-state index in [1.165, 1.54) is 11.0 Å². The Morgan fingerprint density at radius 2 is 2.04 bits per heavy atom. The summed E-state index contributed by atoms with van der Waals surface area (Å²) in [4.78, 5) is 33.7. The maximum Gasteiger partial charge on any atom is 0.318 e. The van der Waals surface area contributed by atoms with E-state index in [1.54, 1.807) is 6.07 Å². The zero-order valence-corrected chi connectivity index (χ0v) is 27.6. The second-order valence-corrected chi connectivity index (χ2v) is 13.4.